The van der Waals surface area contributed by atoms with Gasteiger partial charge in [-0.05, 0) is 13.3 Å². The number of nitrogen functional groups attached to an aromatic ring is 1. The second kappa shape index (κ2) is 5.92. The second-order valence-electron chi connectivity index (χ2n) is 5.08. The molecule has 1 saturated heterocycles. The predicted molar refractivity (Wildman–Crippen MR) is 79.3 cm³/mol. The predicted octanol–water partition coefficient (Wildman–Crippen LogP) is 0.338. The lowest BCUT2D eigenvalue weighted by Crippen LogP contribution is -2.47. The van der Waals surface area contributed by atoms with Crippen LogP contribution in [-0.4, -0.2) is 42.5 Å². The van der Waals surface area contributed by atoms with Crippen molar-refractivity contribution in [3.05, 3.63) is 11.9 Å². The van der Waals surface area contributed by atoms with Gasteiger partial charge in [-0.1, -0.05) is 13.3 Å². The zero-order valence-electron chi connectivity index (χ0n) is 11.8. The molecular formula is C12H21N5O2S. The van der Waals surface area contributed by atoms with E-state index in [1.165, 1.54) is 6.33 Å². The molecule has 0 radical (unpaired) electrons. The summed E-state index contributed by atoms with van der Waals surface area (Å²) in [7, 11) is -2.94. The molecule has 1 aliphatic heterocycles. The maximum absolute atomic E-state index is 11.7. The summed E-state index contributed by atoms with van der Waals surface area (Å²) in [5.41, 5.74) is 3.54. The van der Waals surface area contributed by atoms with Gasteiger partial charge in [-0.3, -0.25) is 0 Å². The number of hydrazine groups is 1. The van der Waals surface area contributed by atoms with Gasteiger partial charge in [0.05, 0.1) is 11.5 Å². The molecule has 8 heteroatoms. The Morgan fingerprint density at radius 2 is 2.25 bits per heavy atom. The molecule has 0 bridgehead atoms. The quantitative estimate of drug-likeness (QED) is 0.610. The minimum atomic E-state index is -2.94. The maximum Gasteiger partial charge on any atom is 0.154 e. The first-order valence-corrected chi connectivity index (χ1v) is 8.58. The van der Waals surface area contributed by atoms with Gasteiger partial charge in [0.1, 0.15) is 18.0 Å². The molecule has 0 spiro atoms. The van der Waals surface area contributed by atoms with E-state index in [0.717, 1.165) is 24.2 Å². The number of nitrogens with zero attached hydrogens (tertiary/aromatic N) is 3. The number of hydrogen-bond acceptors (Lipinski definition) is 7. The van der Waals surface area contributed by atoms with Crippen LogP contribution in [0.1, 0.15) is 25.8 Å². The fourth-order valence-electron chi connectivity index (χ4n) is 2.57. The number of nitrogens with two attached hydrogens (primary N) is 1. The van der Waals surface area contributed by atoms with Gasteiger partial charge in [-0.15, -0.1) is 0 Å². The van der Waals surface area contributed by atoms with Gasteiger partial charge < -0.3 is 10.3 Å². The topological polar surface area (TPSA) is 101 Å². The lowest BCUT2D eigenvalue weighted by molar-refractivity contribution is 0.566. The molecule has 112 valence electrons. The molecule has 1 atom stereocenters. The van der Waals surface area contributed by atoms with Crippen molar-refractivity contribution in [2.45, 2.75) is 32.7 Å². The van der Waals surface area contributed by atoms with Crippen LogP contribution in [-0.2, 0) is 16.3 Å². The highest BCUT2D eigenvalue weighted by Crippen LogP contribution is 2.27. The molecule has 1 unspecified atom stereocenters. The summed E-state index contributed by atoms with van der Waals surface area (Å²) < 4.78 is 23.4. The van der Waals surface area contributed by atoms with Crippen molar-refractivity contribution in [2.75, 3.05) is 28.4 Å². The molecule has 0 saturated carbocycles. The Balaban J connectivity index is 2.37. The van der Waals surface area contributed by atoms with E-state index in [2.05, 4.69) is 22.3 Å². The number of anilines is 2. The van der Waals surface area contributed by atoms with E-state index in [9.17, 15) is 8.42 Å². The zero-order chi connectivity index (χ0) is 14.8. The lowest BCUT2D eigenvalue weighted by Gasteiger charge is -2.35. The highest BCUT2D eigenvalue weighted by atomic mass is 32.2. The molecule has 0 aromatic carbocycles. The number of nitrogens with one attached hydrogen (secondary N) is 1. The molecule has 1 aliphatic rings. The van der Waals surface area contributed by atoms with E-state index < -0.39 is 9.84 Å². The minimum Gasteiger partial charge on any atom is -0.351 e. The third kappa shape index (κ3) is 3.01. The molecule has 1 aromatic heterocycles. The highest BCUT2D eigenvalue weighted by Gasteiger charge is 2.30. The fraction of sp³-hybridized carbons (Fsp3) is 0.667. The summed E-state index contributed by atoms with van der Waals surface area (Å²) in [6.45, 7) is 4.44. The molecule has 1 aromatic rings. The van der Waals surface area contributed by atoms with Crippen LogP contribution < -0.4 is 16.2 Å². The number of hydrogen-bond donors (Lipinski definition) is 2. The number of aromatic nitrogens is 2. The molecule has 1 fully saturated rings. The van der Waals surface area contributed by atoms with Crippen LogP contribution in [0.5, 0.6) is 0 Å². The van der Waals surface area contributed by atoms with Crippen LogP contribution >= 0.6 is 0 Å². The molecular weight excluding hydrogens is 278 g/mol. The Morgan fingerprint density at radius 3 is 2.85 bits per heavy atom. The van der Waals surface area contributed by atoms with Crippen LogP contribution in [0.3, 0.4) is 0 Å². The summed E-state index contributed by atoms with van der Waals surface area (Å²) >= 11 is 0. The third-order valence-electron chi connectivity index (χ3n) is 3.50. The Labute approximate surface area is 119 Å². The van der Waals surface area contributed by atoms with Gasteiger partial charge in [0.25, 0.3) is 0 Å². The lowest BCUT2D eigenvalue weighted by atomic mass is 10.1. The van der Waals surface area contributed by atoms with Gasteiger partial charge in [0, 0.05) is 18.2 Å². The number of sulfone groups is 1. The Bertz CT molecular complexity index is 575. The largest absolute Gasteiger partial charge is 0.351 e. The first-order valence-electron chi connectivity index (χ1n) is 6.76. The van der Waals surface area contributed by atoms with Crippen molar-refractivity contribution >= 4 is 21.5 Å². The van der Waals surface area contributed by atoms with Crippen molar-refractivity contribution in [3.63, 3.8) is 0 Å². The van der Waals surface area contributed by atoms with Crippen LogP contribution in [0.4, 0.5) is 11.6 Å². The van der Waals surface area contributed by atoms with Crippen molar-refractivity contribution in [3.8, 4) is 0 Å². The molecule has 3 N–H and O–H groups in total. The molecule has 2 rings (SSSR count). The monoisotopic (exact) mass is 299 g/mol. The normalized spacial score (nSPS) is 21.8. The maximum atomic E-state index is 11.7. The SMILES string of the molecule is CCCc1c(NN)ncnc1N1CCS(=O)(=O)CC1C. The molecule has 20 heavy (non-hydrogen) atoms. The summed E-state index contributed by atoms with van der Waals surface area (Å²) in [6, 6.07) is -0.0927. The molecule has 7 nitrogen and oxygen atoms in total. The van der Waals surface area contributed by atoms with Crippen molar-refractivity contribution in [1.82, 2.24) is 9.97 Å². The fourth-order valence-corrected chi connectivity index (χ4v) is 4.12. The molecule has 0 amide bonds. The second-order valence-corrected chi connectivity index (χ2v) is 7.30. The van der Waals surface area contributed by atoms with Gasteiger partial charge in [-0.25, -0.2) is 24.2 Å². The summed E-state index contributed by atoms with van der Waals surface area (Å²) in [5.74, 6) is 7.23. The van der Waals surface area contributed by atoms with Crippen molar-refractivity contribution in [1.29, 1.82) is 0 Å². The van der Waals surface area contributed by atoms with Gasteiger partial charge in [0.15, 0.2) is 9.84 Å². The van der Waals surface area contributed by atoms with Crippen molar-refractivity contribution < 1.29 is 8.42 Å². The average molecular weight is 299 g/mol. The van der Waals surface area contributed by atoms with Gasteiger partial charge in [0.2, 0.25) is 0 Å². The first kappa shape index (κ1) is 15.0. The standard InChI is InChI=1S/C12H21N5O2S/c1-3-4-10-11(16-13)14-8-15-12(10)17-5-6-20(18,19)7-9(17)2/h8-9H,3-7,13H2,1-2H3,(H,14,15,16). The third-order valence-corrected chi connectivity index (χ3v) is 5.30. The Kier molecular flexibility index (Phi) is 4.44. The van der Waals surface area contributed by atoms with E-state index >= 15 is 0 Å². The number of rotatable bonds is 4. The highest BCUT2D eigenvalue weighted by molar-refractivity contribution is 7.91. The van der Waals surface area contributed by atoms with Crippen LogP contribution in [0.25, 0.3) is 0 Å². The smallest absolute Gasteiger partial charge is 0.154 e. The Hall–Kier alpha value is -1.41. The molecule has 2 heterocycles. The average Bonchev–Trinajstić information content (AvgIpc) is 2.39. The van der Waals surface area contributed by atoms with Crippen LogP contribution in [0.15, 0.2) is 6.33 Å². The van der Waals surface area contributed by atoms with E-state index in [1.807, 2.05) is 11.8 Å². The Morgan fingerprint density at radius 1 is 1.50 bits per heavy atom. The van der Waals surface area contributed by atoms with Crippen LogP contribution in [0.2, 0.25) is 0 Å². The summed E-state index contributed by atoms with van der Waals surface area (Å²) in [6.07, 6.45) is 3.20. The van der Waals surface area contributed by atoms with E-state index in [-0.39, 0.29) is 17.5 Å². The molecule has 0 aliphatic carbocycles. The van der Waals surface area contributed by atoms with Crippen LogP contribution in [0, 0.1) is 0 Å². The van der Waals surface area contributed by atoms with E-state index in [0.29, 0.717) is 12.4 Å². The first-order chi connectivity index (χ1) is 9.48. The summed E-state index contributed by atoms with van der Waals surface area (Å²) in [4.78, 5) is 10.5. The summed E-state index contributed by atoms with van der Waals surface area (Å²) in [5, 5.41) is 0. The van der Waals surface area contributed by atoms with E-state index in [4.69, 9.17) is 5.84 Å². The van der Waals surface area contributed by atoms with Crippen molar-refractivity contribution in [2.24, 2.45) is 5.84 Å². The van der Waals surface area contributed by atoms with Gasteiger partial charge in [-0.2, -0.15) is 0 Å². The van der Waals surface area contributed by atoms with Gasteiger partial charge >= 0.3 is 0 Å². The van der Waals surface area contributed by atoms with E-state index in [1.54, 1.807) is 0 Å². The zero-order valence-corrected chi connectivity index (χ0v) is 12.7. The minimum absolute atomic E-state index is 0.0927.